The molecule has 2 rings (SSSR count). The average Bonchev–Trinajstić information content (AvgIpc) is 2.89. The van der Waals surface area contributed by atoms with E-state index < -0.39 is 0 Å². The molecule has 0 saturated carbocycles. The molecule has 1 aliphatic heterocycles. The molecule has 0 amide bonds. The minimum absolute atomic E-state index is 0.185. The van der Waals surface area contributed by atoms with Crippen molar-refractivity contribution in [3.63, 3.8) is 0 Å². The topological polar surface area (TPSA) is 37.0 Å². The van der Waals surface area contributed by atoms with Gasteiger partial charge in [0.2, 0.25) is 0 Å². The van der Waals surface area contributed by atoms with Gasteiger partial charge in [0, 0.05) is 24.5 Å². The Morgan fingerprint density at radius 3 is 3.12 bits per heavy atom. The molecule has 0 unspecified atom stereocenters. The second-order valence-electron chi connectivity index (χ2n) is 4.93. The third kappa shape index (κ3) is 4.17. The Bertz CT molecular complexity index is 291. The summed E-state index contributed by atoms with van der Waals surface area (Å²) in [5, 5.41) is 3.57. The molecule has 0 radical (unpaired) electrons. The van der Waals surface area contributed by atoms with Crippen LogP contribution >= 0.6 is 0 Å². The summed E-state index contributed by atoms with van der Waals surface area (Å²) in [5.74, 6) is 0. The number of H-pyrrole nitrogens is 1. The van der Waals surface area contributed by atoms with Crippen molar-refractivity contribution >= 4 is 0 Å². The summed E-state index contributed by atoms with van der Waals surface area (Å²) in [5.41, 5.74) is 1.17. The standard InChI is InChI=1S/C14H24N2O/c1-12(14-8-4-10-16-14)17-11-5-7-13-6-2-3-9-15-13/h4,8,10,12-13,15-16H,2-3,5-7,9,11H2,1H3/t12-,13-/m0/s1. The maximum atomic E-state index is 5.82. The van der Waals surface area contributed by atoms with Crippen LogP contribution in [0, 0.1) is 0 Å². The van der Waals surface area contributed by atoms with Gasteiger partial charge in [-0.25, -0.2) is 0 Å². The Hall–Kier alpha value is -0.800. The molecule has 2 atom stereocenters. The van der Waals surface area contributed by atoms with Gasteiger partial charge in [-0.05, 0) is 51.3 Å². The fourth-order valence-electron chi connectivity index (χ4n) is 2.45. The van der Waals surface area contributed by atoms with Crippen LogP contribution in [0.5, 0.6) is 0 Å². The summed E-state index contributed by atoms with van der Waals surface area (Å²) in [6.45, 7) is 4.16. The quantitative estimate of drug-likeness (QED) is 0.745. The van der Waals surface area contributed by atoms with Crippen LogP contribution in [0.1, 0.15) is 50.8 Å². The second-order valence-corrected chi connectivity index (χ2v) is 4.93. The van der Waals surface area contributed by atoms with Crippen LogP contribution in [0.25, 0.3) is 0 Å². The number of aromatic amines is 1. The summed E-state index contributed by atoms with van der Waals surface area (Å²) in [4.78, 5) is 3.19. The molecule has 2 N–H and O–H groups in total. The molecule has 0 spiro atoms. The maximum Gasteiger partial charge on any atom is 0.0944 e. The highest BCUT2D eigenvalue weighted by Crippen LogP contribution is 2.16. The number of hydrogen-bond donors (Lipinski definition) is 2. The number of aromatic nitrogens is 1. The molecular formula is C14H24N2O. The molecule has 3 heteroatoms. The first-order valence-corrected chi connectivity index (χ1v) is 6.84. The molecule has 1 saturated heterocycles. The van der Waals surface area contributed by atoms with Gasteiger partial charge >= 0.3 is 0 Å². The van der Waals surface area contributed by atoms with Crippen molar-refractivity contribution in [2.24, 2.45) is 0 Å². The van der Waals surface area contributed by atoms with Crippen LogP contribution in [0.2, 0.25) is 0 Å². The fourth-order valence-corrected chi connectivity index (χ4v) is 2.45. The van der Waals surface area contributed by atoms with E-state index in [2.05, 4.69) is 23.3 Å². The first kappa shape index (κ1) is 12.7. The molecule has 0 aromatic carbocycles. The van der Waals surface area contributed by atoms with Gasteiger partial charge in [-0.2, -0.15) is 0 Å². The predicted octanol–water partition coefficient (Wildman–Crippen LogP) is 3.01. The zero-order chi connectivity index (χ0) is 11.9. The van der Waals surface area contributed by atoms with Crippen LogP contribution in [0.3, 0.4) is 0 Å². The molecule has 17 heavy (non-hydrogen) atoms. The average molecular weight is 236 g/mol. The van der Waals surface area contributed by atoms with Crippen molar-refractivity contribution < 1.29 is 4.74 Å². The number of ether oxygens (including phenoxy) is 1. The lowest BCUT2D eigenvalue weighted by atomic mass is 10.0. The van der Waals surface area contributed by atoms with E-state index in [-0.39, 0.29) is 6.10 Å². The van der Waals surface area contributed by atoms with Crippen LogP contribution in [-0.4, -0.2) is 24.2 Å². The van der Waals surface area contributed by atoms with Gasteiger partial charge in [0.1, 0.15) is 0 Å². The lowest BCUT2D eigenvalue weighted by Crippen LogP contribution is -2.34. The van der Waals surface area contributed by atoms with Gasteiger partial charge in [-0.3, -0.25) is 0 Å². The van der Waals surface area contributed by atoms with E-state index in [0.717, 1.165) is 19.1 Å². The number of rotatable bonds is 6. The van der Waals surface area contributed by atoms with E-state index in [1.807, 2.05) is 12.3 Å². The van der Waals surface area contributed by atoms with Crippen molar-refractivity contribution in [3.05, 3.63) is 24.0 Å². The third-order valence-electron chi connectivity index (χ3n) is 3.54. The van der Waals surface area contributed by atoms with E-state index in [1.165, 1.54) is 37.9 Å². The molecule has 0 aliphatic carbocycles. The van der Waals surface area contributed by atoms with Crippen LogP contribution in [-0.2, 0) is 4.74 Å². The van der Waals surface area contributed by atoms with Crippen molar-refractivity contribution in [2.75, 3.05) is 13.2 Å². The molecule has 0 bridgehead atoms. The van der Waals surface area contributed by atoms with Crippen molar-refractivity contribution in [1.29, 1.82) is 0 Å². The van der Waals surface area contributed by atoms with Gasteiger partial charge in [-0.1, -0.05) is 6.42 Å². The van der Waals surface area contributed by atoms with E-state index in [4.69, 9.17) is 4.74 Å². The second kappa shape index (κ2) is 6.82. The minimum atomic E-state index is 0.185. The molecular weight excluding hydrogens is 212 g/mol. The van der Waals surface area contributed by atoms with Crippen molar-refractivity contribution in [3.8, 4) is 0 Å². The maximum absolute atomic E-state index is 5.82. The third-order valence-corrected chi connectivity index (χ3v) is 3.54. The van der Waals surface area contributed by atoms with Crippen molar-refractivity contribution in [2.45, 2.75) is 51.2 Å². The van der Waals surface area contributed by atoms with Gasteiger partial charge < -0.3 is 15.0 Å². The summed E-state index contributed by atoms with van der Waals surface area (Å²) in [6.07, 6.45) is 8.60. The zero-order valence-electron chi connectivity index (χ0n) is 10.7. The van der Waals surface area contributed by atoms with Crippen LogP contribution in [0.4, 0.5) is 0 Å². The van der Waals surface area contributed by atoms with Gasteiger partial charge in [0.15, 0.2) is 0 Å². The lowest BCUT2D eigenvalue weighted by molar-refractivity contribution is 0.0587. The molecule has 2 heterocycles. The zero-order valence-corrected chi connectivity index (χ0v) is 10.7. The Morgan fingerprint density at radius 1 is 1.47 bits per heavy atom. The van der Waals surface area contributed by atoms with E-state index in [1.54, 1.807) is 0 Å². The van der Waals surface area contributed by atoms with Crippen molar-refractivity contribution in [1.82, 2.24) is 10.3 Å². The highest BCUT2D eigenvalue weighted by atomic mass is 16.5. The first-order valence-electron chi connectivity index (χ1n) is 6.84. The normalized spacial score (nSPS) is 22.5. The fraction of sp³-hybridized carbons (Fsp3) is 0.714. The Morgan fingerprint density at radius 2 is 2.41 bits per heavy atom. The summed E-state index contributed by atoms with van der Waals surface area (Å²) < 4.78 is 5.82. The highest BCUT2D eigenvalue weighted by Gasteiger charge is 2.12. The smallest absolute Gasteiger partial charge is 0.0944 e. The van der Waals surface area contributed by atoms with Crippen LogP contribution in [0.15, 0.2) is 18.3 Å². The van der Waals surface area contributed by atoms with Gasteiger partial charge in [0.05, 0.1) is 6.10 Å². The summed E-state index contributed by atoms with van der Waals surface area (Å²) in [6, 6.07) is 4.82. The van der Waals surface area contributed by atoms with Gasteiger partial charge in [-0.15, -0.1) is 0 Å². The Balaban J connectivity index is 1.56. The predicted molar refractivity (Wildman–Crippen MR) is 70.0 cm³/mol. The highest BCUT2D eigenvalue weighted by molar-refractivity contribution is 5.06. The monoisotopic (exact) mass is 236 g/mol. The van der Waals surface area contributed by atoms with E-state index >= 15 is 0 Å². The summed E-state index contributed by atoms with van der Waals surface area (Å²) in [7, 11) is 0. The Labute approximate surface area is 104 Å². The summed E-state index contributed by atoms with van der Waals surface area (Å²) >= 11 is 0. The molecule has 3 nitrogen and oxygen atoms in total. The SMILES string of the molecule is C[C@H](OCCC[C@@H]1CCCCN1)c1ccc[nH]1. The van der Waals surface area contributed by atoms with E-state index in [9.17, 15) is 0 Å². The lowest BCUT2D eigenvalue weighted by Gasteiger charge is -2.23. The molecule has 1 aromatic heterocycles. The number of nitrogens with one attached hydrogen (secondary N) is 2. The molecule has 1 fully saturated rings. The number of hydrogen-bond acceptors (Lipinski definition) is 2. The first-order chi connectivity index (χ1) is 8.36. The minimum Gasteiger partial charge on any atom is -0.372 e. The van der Waals surface area contributed by atoms with Gasteiger partial charge in [0.25, 0.3) is 0 Å². The van der Waals surface area contributed by atoms with Crippen LogP contribution < -0.4 is 5.32 Å². The molecule has 96 valence electrons. The molecule has 1 aliphatic rings. The molecule has 1 aromatic rings. The Kier molecular flexibility index (Phi) is 5.08. The largest absolute Gasteiger partial charge is 0.372 e. The number of piperidine rings is 1. The van der Waals surface area contributed by atoms with E-state index in [0.29, 0.717) is 0 Å².